The first-order valence-electron chi connectivity index (χ1n) is 10.5. The third-order valence-corrected chi connectivity index (χ3v) is 7.04. The summed E-state index contributed by atoms with van der Waals surface area (Å²) in [6.07, 6.45) is 5.21. The van der Waals surface area contributed by atoms with Crippen molar-refractivity contribution in [1.29, 1.82) is 0 Å². The zero-order valence-corrected chi connectivity index (χ0v) is 17.2. The molecule has 156 valence electrons. The summed E-state index contributed by atoms with van der Waals surface area (Å²) in [4.78, 5) is 27.2. The molecule has 0 bridgehead atoms. The van der Waals surface area contributed by atoms with E-state index in [1.54, 1.807) is 19.1 Å². The van der Waals surface area contributed by atoms with Gasteiger partial charge in [-0.25, -0.2) is 4.79 Å². The number of hydrogen-bond acceptors (Lipinski definition) is 5. The maximum absolute atomic E-state index is 12.8. The van der Waals surface area contributed by atoms with Crippen molar-refractivity contribution >= 4 is 16.9 Å². The molecule has 0 unspecified atom stereocenters. The Balaban J connectivity index is 1.49. The van der Waals surface area contributed by atoms with Crippen molar-refractivity contribution in [3.63, 3.8) is 0 Å². The second-order valence-electron chi connectivity index (χ2n) is 8.72. The zero-order chi connectivity index (χ0) is 20.8. The third-order valence-electron chi connectivity index (χ3n) is 7.04. The van der Waals surface area contributed by atoms with Gasteiger partial charge in [-0.1, -0.05) is 12.8 Å². The van der Waals surface area contributed by atoms with Crippen LogP contribution in [0.3, 0.4) is 0 Å². The van der Waals surface area contributed by atoms with Gasteiger partial charge in [0.2, 0.25) is 5.91 Å². The number of nitrogens with zero attached hydrogens (tertiary/aromatic N) is 1. The molecular formula is C23H29NO5. The van der Waals surface area contributed by atoms with E-state index in [2.05, 4.69) is 0 Å². The molecule has 0 radical (unpaired) electrons. The van der Waals surface area contributed by atoms with Crippen molar-refractivity contribution < 1.29 is 19.4 Å². The highest BCUT2D eigenvalue weighted by molar-refractivity contribution is 5.85. The number of benzene rings is 1. The molecular weight excluding hydrogens is 370 g/mol. The van der Waals surface area contributed by atoms with Crippen molar-refractivity contribution in [2.75, 3.05) is 13.1 Å². The second kappa shape index (κ2) is 7.48. The number of likely N-dealkylation sites (tertiary alicyclic amines) is 1. The zero-order valence-electron chi connectivity index (χ0n) is 17.2. The molecule has 1 aromatic carbocycles. The van der Waals surface area contributed by atoms with Crippen LogP contribution < -0.4 is 5.63 Å². The lowest BCUT2D eigenvalue weighted by molar-refractivity contribution is -0.143. The Morgan fingerprint density at radius 1 is 1.24 bits per heavy atom. The summed E-state index contributed by atoms with van der Waals surface area (Å²) < 4.78 is 5.47. The minimum Gasteiger partial charge on any atom is -0.508 e. The maximum Gasteiger partial charge on any atom is 0.339 e. The summed E-state index contributed by atoms with van der Waals surface area (Å²) in [7, 11) is 0. The smallest absolute Gasteiger partial charge is 0.339 e. The number of carbonyl (C=O) groups excluding carboxylic acids is 1. The average molecular weight is 399 g/mol. The molecule has 2 atom stereocenters. The first-order chi connectivity index (χ1) is 13.8. The van der Waals surface area contributed by atoms with Crippen LogP contribution in [0.25, 0.3) is 11.0 Å². The molecule has 29 heavy (non-hydrogen) atoms. The number of phenolic OH excluding ortho intramolecular Hbond substituents is 1. The predicted octanol–water partition coefficient (Wildman–Crippen LogP) is 3.20. The van der Waals surface area contributed by atoms with E-state index in [4.69, 9.17) is 4.42 Å². The van der Waals surface area contributed by atoms with E-state index in [0.717, 1.165) is 36.6 Å². The summed E-state index contributed by atoms with van der Waals surface area (Å²) in [5.74, 6) is 0.284. The number of rotatable bonds is 3. The van der Waals surface area contributed by atoms with Gasteiger partial charge < -0.3 is 19.5 Å². The van der Waals surface area contributed by atoms with Gasteiger partial charge in [-0.3, -0.25) is 4.79 Å². The van der Waals surface area contributed by atoms with Gasteiger partial charge >= 0.3 is 5.63 Å². The first kappa shape index (κ1) is 20.0. The fourth-order valence-corrected chi connectivity index (χ4v) is 5.06. The molecule has 1 saturated carbocycles. The van der Waals surface area contributed by atoms with Gasteiger partial charge in [-0.15, -0.1) is 0 Å². The lowest BCUT2D eigenvalue weighted by Gasteiger charge is -2.47. The fraction of sp³-hybridized carbons (Fsp3) is 0.565. The quantitative estimate of drug-likeness (QED) is 0.774. The van der Waals surface area contributed by atoms with Crippen LogP contribution in [0.15, 0.2) is 21.3 Å². The minimum atomic E-state index is -0.603. The molecule has 1 aromatic heterocycles. The van der Waals surface area contributed by atoms with Crippen LogP contribution in [0.2, 0.25) is 0 Å². The molecule has 6 nitrogen and oxygen atoms in total. The number of carbonyl (C=O) groups is 1. The lowest BCUT2D eigenvalue weighted by atomic mass is 9.71. The van der Waals surface area contributed by atoms with Crippen LogP contribution in [0.1, 0.15) is 55.2 Å². The summed E-state index contributed by atoms with van der Waals surface area (Å²) in [6.45, 7) is 4.76. The SMILES string of the molecule is Cc1c(CCC(=O)N2CC[C@@]3(O)CCCC[C@@H]3C2)c(=O)oc2c(C)c(O)ccc12. The van der Waals surface area contributed by atoms with Gasteiger partial charge in [0.25, 0.3) is 0 Å². The van der Waals surface area contributed by atoms with Crippen LogP contribution in [-0.4, -0.2) is 39.7 Å². The number of aryl methyl sites for hydroxylation is 2. The Bertz CT molecular complexity index is 1010. The molecule has 2 aromatic rings. The number of fused-ring (bicyclic) bond motifs is 2. The van der Waals surface area contributed by atoms with Crippen LogP contribution in [0, 0.1) is 19.8 Å². The van der Waals surface area contributed by atoms with E-state index < -0.39 is 11.2 Å². The molecule has 1 amide bonds. The fourth-order valence-electron chi connectivity index (χ4n) is 5.06. The summed E-state index contributed by atoms with van der Waals surface area (Å²) in [6, 6.07) is 3.34. The van der Waals surface area contributed by atoms with Gasteiger partial charge in [-0.05, 0) is 57.2 Å². The highest BCUT2D eigenvalue weighted by atomic mass is 16.4. The monoisotopic (exact) mass is 399 g/mol. The Morgan fingerprint density at radius 2 is 2.03 bits per heavy atom. The molecule has 1 saturated heterocycles. The van der Waals surface area contributed by atoms with Crippen molar-refractivity contribution in [3.8, 4) is 5.75 Å². The highest BCUT2D eigenvalue weighted by Crippen LogP contribution is 2.40. The molecule has 1 aliphatic carbocycles. The maximum atomic E-state index is 12.8. The topological polar surface area (TPSA) is 91.0 Å². The number of aromatic hydroxyl groups is 1. The molecule has 6 heteroatoms. The molecule has 2 N–H and O–H groups in total. The Kier molecular flexibility index (Phi) is 5.15. The van der Waals surface area contributed by atoms with Crippen molar-refractivity contribution in [1.82, 2.24) is 4.90 Å². The molecule has 2 fully saturated rings. The summed E-state index contributed by atoms with van der Waals surface area (Å²) in [5.41, 5.74) is 1.20. The molecule has 2 aliphatic rings. The van der Waals surface area contributed by atoms with Gasteiger partial charge in [0, 0.05) is 41.9 Å². The molecule has 2 heterocycles. The van der Waals surface area contributed by atoms with E-state index in [1.807, 2.05) is 11.8 Å². The number of hydrogen-bond donors (Lipinski definition) is 2. The summed E-state index contributed by atoms with van der Waals surface area (Å²) in [5, 5.41) is 21.4. The molecule has 1 aliphatic heterocycles. The Morgan fingerprint density at radius 3 is 2.83 bits per heavy atom. The lowest BCUT2D eigenvalue weighted by Crippen LogP contribution is -2.54. The van der Waals surface area contributed by atoms with Crippen LogP contribution >= 0.6 is 0 Å². The van der Waals surface area contributed by atoms with Crippen LogP contribution in [-0.2, 0) is 11.2 Å². The minimum absolute atomic E-state index is 0.0263. The largest absolute Gasteiger partial charge is 0.508 e. The number of phenols is 1. The van der Waals surface area contributed by atoms with Crippen molar-refractivity contribution in [3.05, 3.63) is 39.2 Å². The van der Waals surface area contributed by atoms with E-state index in [9.17, 15) is 19.8 Å². The normalized spacial score (nSPS) is 24.5. The van der Waals surface area contributed by atoms with Crippen LogP contribution in [0.4, 0.5) is 0 Å². The molecule has 0 spiro atoms. The third kappa shape index (κ3) is 3.54. The van der Waals surface area contributed by atoms with E-state index in [1.165, 1.54) is 0 Å². The second-order valence-corrected chi connectivity index (χ2v) is 8.72. The summed E-state index contributed by atoms with van der Waals surface area (Å²) >= 11 is 0. The Labute approximate surface area is 170 Å². The Hall–Kier alpha value is -2.34. The van der Waals surface area contributed by atoms with Crippen molar-refractivity contribution in [2.45, 2.75) is 64.4 Å². The van der Waals surface area contributed by atoms with Gasteiger partial charge in [0.05, 0.1) is 5.60 Å². The standard InChI is InChI=1S/C23H29NO5/c1-14-17-6-8-19(25)15(2)21(17)29-22(27)18(14)7-9-20(26)24-12-11-23(28)10-4-3-5-16(23)13-24/h6,8,16,25,28H,3-5,7,9-13H2,1-2H3/t16-,23+/m1/s1. The van der Waals surface area contributed by atoms with Gasteiger partial charge in [0.1, 0.15) is 11.3 Å². The van der Waals surface area contributed by atoms with Crippen LogP contribution in [0.5, 0.6) is 5.75 Å². The predicted molar refractivity (Wildman–Crippen MR) is 110 cm³/mol. The number of aliphatic hydroxyl groups is 1. The first-order valence-corrected chi connectivity index (χ1v) is 10.5. The van der Waals surface area contributed by atoms with Gasteiger partial charge in [-0.2, -0.15) is 0 Å². The highest BCUT2D eigenvalue weighted by Gasteiger charge is 2.43. The van der Waals surface area contributed by atoms with E-state index >= 15 is 0 Å². The molecule has 4 rings (SSSR count). The number of piperidine rings is 1. The average Bonchev–Trinajstić information content (AvgIpc) is 2.70. The van der Waals surface area contributed by atoms with Gasteiger partial charge in [0.15, 0.2) is 0 Å². The van der Waals surface area contributed by atoms with E-state index in [0.29, 0.717) is 42.6 Å². The van der Waals surface area contributed by atoms with E-state index in [-0.39, 0.29) is 24.0 Å². The van der Waals surface area contributed by atoms with Crippen molar-refractivity contribution in [2.24, 2.45) is 5.92 Å². The number of amides is 1.